The summed E-state index contributed by atoms with van der Waals surface area (Å²) in [6, 6.07) is 4.06. The highest BCUT2D eigenvalue weighted by Gasteiger charge is 2.49. The summed E-state index contributed by atoms with van der Waals surface area (Å²) in [6.07, 6.45) is 3.48. The number of likely N-dealkylation sites (tertiary alicyclic amines) is 2. The standard InChI is InChI=1S/C24H28N2O5/c1-15-11-19-18(13-30-22(19)28)12-17(15)3-7-25-8-4-24(5-9-25)6-10-26(23(24)29)20-14-31-21(27)16(20)2/h11-12H,3-10,13-14H2,1-2H3. The van der Waals surface area contributed by atoms with Crippen molar-refractivity contribution < 1.29 is 23.9 Å². The van der Waals surface area contributed by atoms with Crippen molar-refractivity contribution in [1.82, 2.24) is 9.80 Å². The minimum Gasteiger partial charge on any atom is -0.457 e. The van der Waals surface area contributed by atoms with E-state index in [4.69, 9.17) is 9.47 Å². The van der Waals surface area contributed by atoms with Gasteiger partial charge >= 0.3 is 11.9 Å². The zero-order valence-corrected chi connectivity index (χ0v) is 18.2. The molecule has 5 rings (SSSR count). The Morgan fingerprint density at radius 2 is 1.65 bits per heavy atom. The Morgan fingerprint density at radius 1 is 0.935 bits per heavy atom. The number of hydrogen-bond donors (Lipinski definition) is 0. The molecule has 0 radical (unpaired) electrons. The Hall–Kier alpha value is -2.67. The van der Waals surface area contributed by atoms with Crippen LogP contribution in [0.2, 0.25) is 0 Å². The summed E-state index contributed by atoms with van der Waals surface area (Å²) in [5.41, 5.74) is 5.10. The molecule has 4 aliphatic heterocycles. The molecule has 4 aliphatic rings. The summed E-state index contributed by atoms with van der Waals surface area (Å²) < 4.78 is 10.2. The van der Waals surface area contributed by atoms with Gasteiger partial charge < -0.3 is 19.3 Å². The van der Waals surface area contributed by atoms with Gasteiger partial charge in [-0.15, -0.1) is 0 Å². The number of benzene rings is 1. The maximum absolute atomic E-state index is 13.3. The molecule has 2 saturated heterocycles. The van der Waals surface area contributed by atoms with Crippen LogP contribution in [-0.4, -0.2) is 60.4 Å². The van der Waals surface area contributed by atoms with Crippen molar-refractivity contribution >= 4 is 17.8 Å². The van der Waals surface area contributed by atoms with Crippen molar-refractivity contribution in [3.8, 4) is 0 Å². The first kappa shape index (κ1) is 20.2. The Labute approximate surface area is 182 Å². The maximum atomic E-state index is 13.3. The molecule has 2 fully saturated rings. The Balaban J connectivity index is 1.19. The van der Waals surface area contributed by atoms with E-state index >= 15 is 0 Å². The monoisotopic (exact) mass is 424 g/mol. The lowest BCUT2D eigenvalue weighted by molar-refractivity contribution is -0.138. The second-order valence-electron chi connectivity index (χ2n) is 9.24. The van der Waals surface area contributed by atoms with Crippen molar-refractivity contribution in [3.63, 3.8) is 0 Å². The zero-order chi connectivity index (χ0) is 21.8. The second kappa shape index (κ2) is 7.48. The molecule has 0 aromatic heterocycles. The average molecular weight is 424 g/mol. The largest absolute Gasteiger partial charge is 0.457 e. The number of fused-ring (bicyclic) bond motifs is 1. The summed E-state index contributed by atoms with van der Waals surface area (Å²) >= 11 is 0. The quantitative estimate of drug-likeness (QED) is 0.691. The highest BCUT2D eigenvalue weighted by atomic mass is 16.5. The molecule has 0 atom stereocenters. The Kier molecular flexibility index (Phi) is 4.88. The Bertz CT molecular complexity index is 1000. The summed E-state index contributed by atoms with van der Waals surface area (Å²) in [6.45, 7) is 7.80. The van der Waals surface area contributed by atoms with Crippen LogP contribution in [-0.2, 0) is 32.1 Å². The van der Waals surface area contributed by atoms with Gasteiger partial charge in [-0.25, -0.2) is 9.59 Å². The van der Waals surface area contributed by atoms with E-state index in [1.807, 2.05) is 13.0 Å². The van der Waals surface area contributed by atoms with E-state index in [2.05, 4.69) is 11.0 Å². The molecular weight excluding hydrogens is 396 g/mol. The van der Waals surface area contributed by atoms with Gasteiger partial charge in [-0.2, -0.15) is 0 Å². The third-order valence-electron chi connectivity index (χ3n) is 7.57. The van der Waals surface area contributed by atoms with Gasteiger partial charge in [-0.3, -0.25) is 4.79 Å². The van der Waals surface area contributed by atoms with Gasteiger partial charge in [-0.1, -0.05) is 6.07 Å². The SMILES string of the molecule is CC1=C(N2CCC3(CCN(CCc4cc5c(cc4C)C(=O)OC5)CC3)C2=O)COC1=O. The maximum Gasteiger partial charge on any atom is 0.338 e. The van der Waals surface area contributed by atoms with Crippen molar-refractivity contribution in [2.75, 3.05) is 32.8 Å². The molecule has 0 saturated carbocycles. The molecule has 1 amide bonds. The fourth-order valence-corrected chi connectivity index (χ4v) is 5.38. The van der Waals surface area contributed by atoms with Gasteiger partial charge in [0.05, 0.1) is 22.2 Å². The van der Waals surface area contributed by atoms with Gasteiger partial charge in [0.25, 0.3) is 0 Å². The van der Waals surface area contributed by atoms with Crippen LogP contribution in [0.4, 0.5) is 0 Å². The highest BCUT2D eigenvalue weighted by Crippen LogP contribution is 2.43. The van der Waals surface area contributed by atoms with Gasteiger partial charge in [0.15, 0.2) is 0 Å². The number of carbonyl (C=O) groups is 3. The fourth-order valence-electron chi connectivity index (χ4n) is 5.38. The number of ether oxygens (including phenoxy) is 2. The number of nitrogens with zero attached hydrogens (tertiary/aromatic N) is 2. The molecule has 7 heteroatoms. The molecule has 0 unspecified atom stereocenters. The van der Waals surface area contributed by atoms with Crippen molar-refractivity contribution in [2.45, 2.75) is 46.1 Å². The van der Waals surface area contributed by atoms with Crippen LogP contribution in [0.1, 0.15) is 53.2 Å². The van der Waals surface area contributed by atoms with Crippen LogP contribution in [0, 0.1) is 12.3 Å². The summed E-state index contributed by atoms with van der Waals surface area (Å²) in [4.78, 5) is 40.9. The predicted molar refractivity (Wildman–Crippen MR) is 112 cm³/mol. The molecule has 1 aromatic carbocycles. The lowest BCUT2D eigenvalue weighted by Crippen LogP contribution is -2.45. The van der Waals surface area contributed by atoms with Gasteiger partial charge in [0.1, 0.15) is 13.2 Å². The first-order chi connectivity index (χ1) is 14.9. The van der Waals surface area contributed by atoms with E-state index in [0.717, 1.165) is 62.1 Å². The number of rotatable bonds is 4. The van der Waals surface area contributed by atoms with Crippen LogP contribution in [0.5, 0.6) is 0 Å². The second-order valence-corrected chi connectivity index (χ2v) is 9.24. The molecule has 0 N–H and O–H groups in total. The third kappa shape index (κ3) is 3.35. The summed E-state index contributed by atoms with van der Waals surface area (Å²) in [7, 11) is 0. The van der Waals surface area contributed by atoms with E-state index in [1.165, 1.54) is 5.56 Å². The number of esters is 2. The third-order valence-corrected chi connectivity index (χ3v) is 7.57. The minimum atomic E-state index is -0.309. The first-order valence-corrected chi connectivity index (χ1v) is 11.1. The number of piperidine rings is 1. The van der Waals surface area contributed by atoms with Crippen LogP contribution in [0.25, 0.3) is 0 Å². The smallest absolute Gasteiger partial charge is 0.338 e. The van der Waals surface area contributed by atoms with E-state index in [9.17, 15) is 14.4 Å². The number of amides is 1. The molecule has 1 spiro atoms. The first-order valence-electron chi connectivity index (χ1n) is 11.1. The summed E-state index contributed by atoms with van der Waals surface area (Å²) in [5, 5.41) is 0. The number of carbonyl (C=O) groups excluding carboxylic acids is 3. The predicted octanol–water partition coefficient (Wildman–Crippen LogP) is 2.35. The molecule has 7 nitrogen and oxygen atoms in total. The molecule has 1 aromatic rings. The summed E-state index contributed by atoms with van der Waals surface area (Å²) in [5.74, 6) is -0.365. The van der Waals surface area contributed by atoms with E-state index in [-0.39, 0.29) is 29.9 Å². The lowest BCUT2D eigenvalue weighted by atomic mass is 9.77. The van der Waals surface area contributed by atoms with E-state index in [1.54, 1.807) is 11.8 Å². The van der Waals surface area contributed by atoms with Gasteiger partial charge in [0.2, 0.25) is 5.91 Å². The van der Waals surface area contributed by atoms with Crippen molar-refractivity contribution in [2.24, 2.45) is 5.41 Å². The fraction of sp³-hybridized carbons (Fsp3) is 0.542. The lowest BCUT2D eigenvalue weighted by Gasteiger charge is -2.38. The molecule has 164 valence electrons. The van der Waals surface area contributed by atoms with Crippen LogP contribution in [0.15, 0.2) is 23.4 Å². The molecule has 0 aliphatic carbocycles. The normalized spacial score (nSPS) is 23.0. The number of hydrogen-bond acceptors (Lipinski definition) is 6. The average Bonchev–Trinajstić information content (AvgIpc) is 3.39. The van der Waals surface area contributed by atoms with E-state index < -0.39 is 0 Å². The number of cyclic esters (lactones) is 2. The minimum absolute atomic E-state index is 0.166. The van der Waals surface area contributed by atoms with Crippen LogP contribution in [0.3, 0.4) is 0 Å². The zero-order valence-electron chi connectivity index (χ0n) is 18.2. The molecular formula is C24H28N2O5. The highest BCUT2D eigenvalue weighted by molar-refractivity contribution is 5.94. The van der Waals surface area contributed by atoms with Gasteiger partial charge in [-0.05, 0) is 69.8 Å². The van der Waals surface area contributed by atoms with Crippen molar-refractivity contribution in [1.29, 1.82) is 0 Å². The topological polar surface area (TPSA) is 76.2 Å². The Morgan fingerprint density at radius 3 is 2.35 bits per heavy atom. The number of aryl methyl sites for hydroxylation is 1. The molecule has 31 heavy (non-hydrogen) atoms. The van der Waals surface area contributed by atoms with E-state index in [0.29, 0.717) is 24.3 Å². The van der Waals surface area contributed by atoms with Crippen LogP contribution >= 0.6 is 0 Å². The van der Waals surface area contributed by atoms with Gasteiger partial charge in [0, 0.05) is 18.7 Å². The van der Waals surface area contributed by atoms with Crippen molar-refractivity contribution in [3.05, 3.63) is 45.7 Å². The molecule has 0 bridgehead atoms. The van der Waals surface area contributed by atoms with Crippen LogP contribution < -0.4 is 0 Å². The molecule has 4 heterocycles.